The molecule has 0 bridgehead atoms. The summed E-state index contributed by atoms with van der Waals surface area (Å²) in [5.74, 6) is -0.0525. The second kappa shape index (κ2) is 7.44. The number of hydrogen-bond acceptors (Lipinski definition) is 5. The number of hydrogen-bond donors (Lipinski definition) is 0. The van der Waals surface area contributed by atoms with Crippen molar-refractivity contribution >= 4 is 11.4 Å². The van der Waals surface area contributed by atoms with E-state index in [4.69, 9.17) is 0 Å². The molecule has 0 N–H and O–H groups in total. The molecule has 24 heavy (non-hydrogen) atoms. The Morgan fingerprint density at radius 2 is 2.00 bits per heavy atom. The van der Waals surface area contributed by atoms with E-state index in [0.717, 1.165) is 64.7 Å². The van der Waals surface area contributed by atoms with E-state index in [1.165, 1.54) is 6.07 Å². The van der Waals surface area contributed by atoms with Gasteiger partial charge in [0.25, 0.3) is 5.69 Å². The van der Waals surface area contributed by atoms with E-state index in [-0.39, 0.29) is 5.69 Å². The van der Waals surface area contributed by atoms with Gasteiger partial charge in [0.15, 0.2) is 0 Å². The van der Waals surface area contributed by atoms with Gasteiger partial charge in [0.05, 0.1) is 11.0 Å². The van der Waals surface area contributed by atoms with Gasteiger partial charge >= 0.3 is 0 Å². The molecule has 3 rings (SSSR count). The number of likely N-dealkylation sites (N-methyl/N-ethyl adjacent to an activating group) is 1. The van der Waals surface area contributed by atoms with Crippen LogP contribution >= 0.6 is 0 Å². The van der Waals surface area contributed by atoms with Gasteiger partial charge in [0.2, 0.25) is 0 Å². The fourth-order valence-corrected chi connectivity index (χ4v) is 3.74. The Balaban J connectivity index is 1.66. The van der Waals surface area contributed by atoms with Crippen LogP contribution in [-0.4, -0.2) is 67.6 Å². The highest BCUT2D eigenvalue weighted by Gasteiger charge is 2.27. The molecule has 7 heteroatoms. The number of halogens is 1. The van der Waals surface area contributed by atoms with Crippen molar-refractivity contribution in [3.05, 3.63) is 34.1 Å². The van der Waals surface area contributed by atoms with Crippen molar-refractivity contribution in [3.8, 4) is 0 Å². The third-order valence-corrected chi connectivity index (χ3v) is 5.11. The van der Waals surface area contributed by atoms with Crippen molar-refractivity contribution in [3.63, 3.8) is 0 Å². The molecule has 0 amide bonds. The molecule has 132 valence electrons. The van der Waals surface area contributed by atoms with Crippen LogP contribution in [0.15, 0.2) is 18.2 Å². The third-order valence-electron chi connectivity index (χ3n) is 5.11. The molecular weight excluding hydrogens is 311 g/mol. The van der Waals surface area contributed by atoms with E-state index in [2.05, 4.69) is 21.7 Å². The molecule has 0 spiro atoms. The van der Waals surface area contributed by atoms with Crippen LogP contribution in [0.1, 0.15) is 12.8 Å². The lowest BCUT2D eigenvalue weighted by molar-refractivity contribution is -0.384. The molecule has 0 saturated carbocycles. The fourth-order valence-electron chi connectivity index (χ4n) is 3.74. The molecule has 2 fully saturated rings. The third kappa shape index (κ3) is 4.02. The van der Waals surface area contributed by atoms with Gasteiger partial charge in [0, 0.05) is 45.8 Å². The number of nitro benzene ring substituents is 1. The number of nitro groups is 1. The molecule has 0 aliphatic carbocycles. The molecule has 2 heterocycles. The SMILES string of the molecule is CN1CCN(C[C@@H]2CCCN(c3ccc(F)cc3[N+](=O)[O-])C2)CC1. The molecule has 2 saturated heterocycles. The molecular formula is C17H25FN4O2. The normalized spacial score (nSPS) is 23.4. The number of piperazine rings is 1. The predicted molar refractivity (Wildman–Crippen MR) is 91.9 cm³/mol. The van der Waals surface area contributed by atoms with Gasteiger partial charge in [-0.25, -0.2) is 4.39 Å². The summed E-state index contributed by atoms with van der Waals surface area (Å²) >= 11 is 0. The average Bonchev–Trinajstić information content (AvgIpc) is 2.57. The standard InChI is InChI=1S/C17H25FN4O2/c1-19-7-9-20(10-8-19)12-14-3-2-6-21(13-14)16-5-4-15(18)11-17(16)22(23)24/h4-5,11,14H,2-3,6-10,12-13H2,1H3/t14-/m0/s1. The van der Waals surface area contributed by atoms with Gasteiger partial charge in [-0.2, -0.15) is 0 Å². The van der Waals surface area contributed by atoms with Crippen LogP contribution in [0.4, 0.5) is 15.8 Å². The zero-order valence-corrected chi connectivity index (χ0v) is 14.2. The monoisotopic (exact) mass is 336 g/mol. The van der Waals surface area contributed by atoms with E-state index < -0.39 is 10.7 Å². The van der Waals surface area contributed by atoms with E-state index >= 15 is 0 Å². The molecule has 0 unspecified atom stereocenters. The highest BCUT2D eigenvalue weighted by atomic mass is 19.1. The van der Waals surface area contributed by atoms with E-state index in [0.29, 0.717) is 11.6 Å². The maximum Gasteiger partial charge on any atom is 0.295 e. The summed E-state index contributed by atoms with van der Waals surface area (Å²) in [6, 6.07) is 3.89. The summed E-state index contributed by atoms with van der Waals surface area (Å²) in [5.41, 5.74) is 0.416. The minimum atomic E-state index is -0.559. The largest absolute Gasteiger partial charge is 0.366 e. The smallest absolute Gasteiger partial charge is 0.295 e. The van der Waals surface area contributed by atoms with Crippen molar-refractivity contribution in [2.24, 2.45) is 5.92 Å². The lowest BCUT2D eigenvalue weighted by Crippen LogP contribution is -2.48. The first-order chi connectivity index (χ1) is 11.5. The van der Waals surface area contributed by atoms with Gasteiger partial charge in [-0.1, -0.05) is 0 Å². The van der Waals surface area contributed by atoms with Crippen molar-refractivity contribution in [1.82, 2.24) is 9.80 Å². The summed E-state index contributed by atoms with van der Waals surface area (Å²) < 4.78 is 13.4. The summed E-state index contributed by atoms with van der Waals surface area (Å²) in [4.78, 5) is 17.7. The van der Waals surface area contributed by atoms with Crippen LogP contribution in [-0.2, 0) is 0 Å². The minimum Gasteiger partial charge on any atom is -0.366 e. The molecule has 1 aromatic carbocycles. The maximum atomic E-state index is 13.4. The minimum absolute atomic E-state index is 0.129. The average molecular weight is 336 g/mol. The summed E-state index contributed by atoms with van der Waals surface area (Å²) in [6.07, 6.45) is 2.17. The molecule has 0 aromatic heterocycles. The molecule has 0 radical (unpaired) electrons. The van der Waals surface area contributed by atoms with E-state index in [9.17, 15) is 14.5 Å². The molecule has 1 aromatic rings. The predicted octanol–water partition coefficient (Wildman–Crippen LogP) is 2.20. The lowest BCUT2D eigenvalue weighted by atomic mass is 9.96. The van der Waals surface area contributed by atoms with E-state index in [1.54, 1.807) is 6.07 Å². The summed E-state index contributed by atoms with van der Waals surface area (Å²) in [6.45, 7) is 7.01. The highest BCUT2D eigenvalue weighted by Crippen LogP contribution is 2.32. The Labute approximate surface area is 142 Å². The van der Waals surface area contributed by atoms with Gasteiger partial charge < -0.3 is 14.7 Å². The Bertz CT molecular complexity index is 590. The van der Waals surface area contributed by atoms with Crippen LogP contribution < -0.4 is 4.90 Å². The fraction of sp³-hybridized carbons (Fsp3) is 0.647. The van der Waals surface area contributed by atoms with E-state index in [1.807, 2.05) is 0 Å². The number of rotatable bonds is 4. The Hall–Kier alpha value is -1.73. The quantitative estimate of drug-likeness (QED) is 0.623. The second-order valence-electron chi connectivity index (χ2n) is 6.95. The van der Waals surface area contributed by atoms with Crippen LogP contribution in [0.3, 0.4) is 0 Å². The van der Waals surface area contributed by atoms with Crippen molar-refractivity contribution in [1.29, 1.82) is 0 Å². The molecule has 2 aliphatic heterocycles. The van der Waals surface area contributed by atoms with Crippen LogP contribution in [0.5, 0.6) is 0 Å². The maximum absolute atomic E-state index is 13.4. The summed E-state index contributed by atoms with van der Waals surface area (Å²) in [7, 11) is 2.15. The number of anilines is 1. The van der Waals surface area contributed by atoms with Crippen LogP contribution in [0.2, 0.25) is 0 Å². The van der Waals surface area contributed by atoms with Gasteiger partial charge in [-0.15, -0.1) is 0 Å². The Morgan fingerprint density at radius 1 is 1.25 bits per heavy atom. The first-order valence-corrected chi connectivity index (χ1v) is 8.62. The first kappa shape index (κ1) is 17.1. The summed E-state index contributed by atoms with van der Waals surface area (Å²) in [5, 5.41) is 11.2. The topological polar surface area (TPSA) is 52.9 Å². The Morgan fingerprint density at radius 3 is 2.71 bits per heavy atom. The highest BCUT2D eigenvalue weighted by molar-refractivity contribution is 5.63. The zero-order valence-electron chi connectivity index (χ0n) is 14.2. The van der Waals surface area contributed by atoms with Crippen LogP contribution in [0, 0.1) is 21.8 Å². The molecule has 1 atom stereocenters. The van der Waals surface area contributed by atoms with Gasteiger partial charge in [-0.05, 0) is 37.9 Å². The van der Waals surface area contributed by atoms with Gasteiger partial charge in [-0.3, -0.25) is 10.1 Å². The lowest BCUT2D eigenvalue weighted by Gasteiger charge is -2.39. The van der Waals surface area contributed by atoms with Crippen LogP contribution in [0.25, 0.3) is 0 Å². The molecule has 2 aliphatic rings. The van der Waals surface area contributed by atoms with Gasteiger partial charge in [0.1, 0.15) is 11.5 Å². The number of nitrogens with zero attached hydrogens (tertiary/aromatic N) is 4. The van der Waals surface area contributed by atoms with Crippen molar-refractivity contribution in [2.75, 3.05) is 57.8 Å². The Kier molecular flexibility index (Phi) is 5.30. The first-order valence-electron chi connectivity index (χ1n) is 8.62. The number of benzene rings is 1. The number of piperidine rings is 1. The second-order valence-corrected chi connectivity index (χ2v) is 6.95. The van der Waals surface area contributed by atoms with Crippen molar-refractivity contribution < 1.29 is 9.31 Å². The zero-order chi connectivity index (χ0) is 17.1. The molecule has 6 nitrogen and oxygen atoms in total. The van der Waals surface area contributed by atoms with Crippen molar-refractivity contribution in [2.45, 2.75) is 12.8 Å².